The van der Waals surface area contributed by atoms with Gasteiger partial charge < -0.3 is 15.3 Å². The van der Waals surface area contributed by atoms with Crippen molar-refractivity contribution >= 4 is 27.6 Å². The van der Waals surface area contributed by atoms with Gasteiger partial charge in [0, 0.05) is 35.8 Å². The van der Waals surface area contributed by atoms with Crippen molar-refractivity contribution in [2.24, 2.45) is 0 Å². The second-order valence-corrected chi connectivity index (χ2v) is 5.78. The summed E-state index contributed by atoms with van der Waals surface area (Å²) in [4.78, 5) is 12.9. The molecule has 2 N–H and O–H groups in total. The van der Waals surface area contributed by atoms with E-state index in [9.17, 15) is 4.79 Å². The molecule has 1 aromatic carbocycles. The zero-order valence-corrected chi connectivity index (χ0v) is 12.4. The predicted molar refractivity (Wildman–Crippen MR) is 79.6 cm³/mol. The van der Waals surface area contributed by atoms with Crippen molar-refractivity contribution in [2.45, 2.75) is 25.3 Å². The Balaban J connectivity index is 1.88. The van der Waals surface area contributed by atoms with Crippen LogP contribution in [-0.2, 0) is 4.79 Å². The molecule has 1 aliphatic rings. The molecule has 1 heterocycles. The minimum absolute atomic E-state index is 0.188. The van der Waals surface area contributed by atoms with Crippen molar-refractivity contribution in [1.82, 2.24) is 5.32 Å². The maximum Gasteiger partial charge on any atom is 0.304 e. The summed E-state index contributed by atoms with van der Waals surface area (Å²) in [6.45, 7) is 2.55. The summed E-state index contributed by atoms with van der Waals surface area (Å²) in [6.07, 6.45) is 2.44. The standard InChI is InChI=1S/C14H19BrN2O2/c15-11-3-1-5-13(9-11)17-8-2-4-12(10-17)16-7-6-14(18)19/h1,3,5,9,12,16H,2,4,6-8,10H2,(H,18,19). The fourth-order valence-electron chi connectivity index (χ4n) is 2.43. The number of hydrogen-bond donors (Lipinski definition) is 2. The van der Waals surface area contributed by atoms with Crippen LogP contribution in [0, 0.1) is 0 Å². The summed E-state index contributed by atoms with van der Waals surface area (Å²) in [5.74, 6) is -0.743. The number of nitrogens with zero attached hydrogens (tertiary/aromatic N) is 1. The molecular weight excluding hydrogens is 308 g/mol. The Morgan fingerprint density at radius 1 is 1.53 bits per heavy atom. The maximum atomic E-state index is 10.5. The summed E-state index contributed by atoms with van der Waals surface area (Å²) >= 11 is 3.49. The molecular formula is C14H19BrN2O2. The molecule has 1 fully saturated rings. The molecule has 0 amide bonds. The summed E-state index contributed by atoms with van der Waals surface area (Å²) in [6, 6.07) is 8.69. The van der Waals surface area contributed by atoms with E-state index in [0.29, 0.717) is 12.6 Å². The zero-order chi connectivity index (χ0) is 13.7. The van der Waals surface area contributed by atoms with Crippen molar-refractivity contribution in [3.05, 3.63) is 28.7 Å². The highest BCUT2D eigenvalue weighted by Gasteiger charge is 2.19. The lowest BCUT2D eigenvalue weighted by Crippen LogP contribution is -2.46. The molecule has 1 atom stereocenters. The molecule has 0 spiro atoms. The van der Waals surface area contributed by atoms with Gasteiger partial charge in [-0.05, 0) is 31.0 Å². The zero-order valence-electron chi connectivity index (χ0n) is 10.8. The second kappa shape index (κ2) is 6.91. The first-order valence-corrected chi connectivity index (χ1v) is 7.40. The average molecular weight is 327 g/mol. The van der Waals surface area contributed by atoms with Crippen LogP contribution in [0.5, 0.6) is 0 Å². The van der Waals surface area contributed by atoms with E-state index in [2.05, 4.69) is 38.3 Å². The molecule has 1 saturated heterocycles. The Hall–Kier alpha value is -1.07. The van der Waals surface area contributed by atoms with E-state index in [1.807, 2.05) is 12.1 Å². The maximum absolute atomic E-state index is 10.5. The van der Waals surface area contributed by atoms with Crippen LogP contribution in [0.1, 0.15) is 19.3 Å². The smallest absolute Gasteiger partial charge is 0.304 e. The third kappa shape index (κ3) is 4.51. The number of halogens is 1. The van der Waals surface area contributed by atoms with Crippen molar-refractivity contribution in [2.75, 3.05) is 24.5 Å². The lowest BCUT2D eigenvalue weighted by molar-refractivity contribution is -0.136. The number of carboxylic acids is 1. The van der Waals surface area contributed by atoms with Crippen molar-refractivity contribution in [1.29, 1.82) is 0 Å². The van der Waals surface area contributed by atoms with E-state index in [1.165, 1.54) is 5.69 Å². The number of benzene rings is 1. The van der Waals surface area contributed by atoms with Gasteiger partial charge in [-0.15, -0.1) is 0 Å². The molecule has 1 aliphatic heterocycles. The van der Waals surface area contributed by atoms with E-state index in [0.717, 1.165) is 30.4 Å². The molecule has 1 unspecified atom stereocenters. The first kappa shape index (κ1) is 14.3. The molecule has 2 rings (SSSR count). The highest BCUT2D eigenvalue weighted by atomic mass is 79.9. The van der Waals surface area contributed by atoms with Gasteiger partial charge in [0.1, 0.15) is 0 Å². The summed E-state index contributed by atoms with van der Waals surface area (Å²) < 4.78 is 1.09. The van der Waals surface area contributed by atoms with Crippen molar-refractivity contribution < 1.29 is 9.90 Å². The Bertz CT molecular complexity index is 439. The van der Waals surface area contributed by atoms with Gasteiger partial charge in [0.2, 0.25) is 0 Å². The number of carbonyl (C=O) groups is 1. The summed E-state index contributed by atoms with van der Waals surface area (Å²) in [5, 5.41) is 12.0. The molecule has 1 aromatic rings. The number of anilines is 1. The monoisotopic (exact) mass is 326 g/mol. The molecule has 5 heteroatoms. The van der Waals surface area contributed by atoms with Crippen molar-refractivity contribution in [3.63, 3.8) is 0 Å². The largest absolute Gasteiger partial charge is 0.481 e. The molecule has 4 nitrogen and oxygen atoms in total. The number of aliphatic carboxylic acids is 1. The molecule has 0 aromatic heterocycles. The number of hydrogen-bond acceptors (Lipinski definition) is 3. The minimum Gasteiger partial charge on any atom is -0.481 e. The normalized spacial score (nSPS) is 19.4. The van der Waals surface area contributed by atoms with Gasteiger partial charge in [-0.1, -0.05) is 22.0 Å². The Labute approximate surface area is 121 Å². The lowest BCUT2D eigenvalue weighted by Gasteiger charge is -2.35. The average Bonchev–Trinajstić information content (AvgIpc) is 2.39. The Morgan fingerprint density at radius 3 is 3.11 bits per heavy atom. The third-order valence-corrected chi connectivity index (χ3v) is 3.86. The number of rotatable bonds is 5. The highest BCUT2D eigenvalue weighted by Crippen LogP contribution is 2.23. The van der Waals surface area contributed by atoms with Crippen LogP contribution in [0.3, 0.4) is 0 Å². The number of nitrogens with one attached hydrogen (secondary N) is 1. The molecule has 0 aliphatic carbocycles. The molecule has 0 saturated carbocycles. The van der Waals surface area contributed by atoms with E-state index in [-0.39, 0.29) is 6.42 Å². The quantitative estimate of drug-likeness (QED) is 0.872. The van der Waals surface area contributed by atoms with E-state index in [1.54, 1.807) is 0 Å². The van der Waals surface area contributed by atoms with Crippen LogP contribution in [0.15, 0.2) is 28.7 Å². The lowest BCUT2D eigenvalue weighted by atomic mass is 10.0. The van der Waals surface area contributed by atoms with Crippen LogP contribution in [0.2, 0.25) is 0 Å². The summed E-state index contributed by atoms with van der Waals surface area (Å²) in [5.41, 5.74) is 1.22. The fraction of sp³-hybridized carbons (Fsp3) is 0.500. The number of piperidine rings is 1. The van der Waals surface area contributed by atoms with Gasteiger partial charge in [0.25, 0.3) is 0 Å². The van der Waals surface area contributed by atoms with Gasteiger partial charge in [0.05, 0.1) is 6.42 Å². The van der Waals surface area contributed by atoms with E-state index < -0.39 is 5.97 Å². The highest BCUT2D eigenvalue weighted by molar-refractivity contribution is 9.10. The van der Waals surface area contributed by atoms with Gasteiger partial charge in [-0.3, -0.25) is 4.79 Å². The molecule has 0 bridgehead atoms. The van der Waals surface area contributed by atoms with Crippen LogP contribution in [0.25, 0.3) is 0 Å². The minimum atomic E-state index is -0.743. The fourth-order valence-corrected chi connectivity index (χ4v) is 2.82. The van der Waals surface area contributed by atoms with Gasteiger partial charge in [-0.2, -0.15) is 0 Å². The number of carboxylic acid groups (broad SMARTS) is 1. The van der Waals surface area contributed by atoms with Gasteiger partial charge in [0.15, 0.2) is 0 Å². The van der Waals surface area contributed by atoms with Crippen LogP contribution < -0.4 is 10.2 Å². The Kier molecular flexibility index (Phi) is 5.22. The SMILES string of the molecule is O=C(O)CCNC1CCCN(c2cccc(Br)c2)C1. The Morgan fingerprint density at radius 2 is 2.37 bits per heavy atom. The predicted octanol–water partition coefficient (Wildman–Crippen LogP) is 2.48. The van der Waals surface area contributed by atoms with Crippen LogP contribution in [-0.4, -0.2) is 36.8 Å². The first-order valence-electron chi connectivity index (χ1n) is 6.61. The molecule has 104 valence electrons. The van der Waals surface area contributed by atoms with Crippen molar-refractivity contribution in [3.8, 4) is 0 Å². The van der Waals surface area contributed by atoms with E-state index in [4.69, 9.17) is 5.11 Å². The molecule has 19 heavy (non-hydrogen) atoms. The van der Waals surface area contributed by atoms with Crippen LogP contribution >= 0.6 is 15.9 Å². The third-order valence-electron chi connectivity index (χ3n) is 3.37. The van der Waals surface area contributed by atoms with Gasteiger partial charge in [-0.25, -0.2) is 0 Å². The van der Waals surface area contributed by atoms with Crippen LogP contribution in [0.4, 0.5) is 5.69 Å². The topological polar surface area (TPSA) is 52.6 Å². The summed E-state index contributed by atoms with van der Waals surface area (Å²) in [7, 11) is 0. The second-order valence-electron chi connectivity index (χ2n) is 4.86. The first-order chi connectivity index (χ1) is 9.15. The molecule has 0 radical (unpaired) electrons. The van der Waals surface area contributed by atoms with Gasteiger partial charge >= 0.3 is 5.97 Å². The van der Waals surface area contributed by atoms with E-state index >= 15 is 0 Å².